The second-order valence-corrected chi connectivity index (χ2v) is 3.71. The lowest BCUT2D eigenvalue weighted by molar-refractivity contribution is 0.360. The molecule has 2 rings (SSSR count). The van der Waals surface area contributed by atoms with E-state index in [-0.39, 0.29) is 0 Å². The van der Waals surface area contributed by atoms with Gasteiger partial charge < -0.3 is 4.90 Å². The molecule has 2 fully saturated rings. The van der Waals surface area contributed by atoms with Crippen molar-refractivity contribution in [3.63, 3.8) is 0 Å². The minimum atomic E-state index is 0.632. The van der Waals surface area contributed by atoms with Gasteiger partial charge in [-0.15, -0.1) is 0 Å². The molecular weight excluding hydrogens is 136 g/mol. The maximum atomic E-state index is 7.87. The molecule has 0 aromatic heterocycles. The first kappa shape index (κ1) is 7.14. The first-order valence-electron chi connectivity index (χ1n) is 4.71. The molecule has 0 radical (unpaired) electrons. The normalized spacial score (nSPS) is 25.3. The molecule has 1 saturated carbocycles. The van der Waals surface area contributed by atoms with Gasteiger partial charge in [0.25, 0.3) is 0 Å². The van der Waals surface area contributed by atoms with Gasteiger partial charge in [-0.2, -0.15) is 0 Å². The van der Waals surface area contributed by atoms with E-state index >= 15 is 0 Å². The minimum absolute atomic E-state index is 0.632. The zero-order chi connectivity index (χ0) is 7.68. The van der Waals surface area contributed by atoms with Crippen LogP contribution in [0, 0.1) is 11.3 Å². The highest BCUT2D eigenvalue weighted by Crippen LogP contribution is 2.29. The van der Waals surface area contributed by atoms with Crippen LogP contribution < -0.4 is 0 Å². The van der Waals surface area contributed by atoms with E-state index < -0.39 is 0 Å². The van der Waals surface area contributed by atoms with Gasteiger partial charge in [0.05, 0.1) is 5.84 Å². The van der Waals surface area contributed by atoms with E-state index in [1.54, 1.807) is 0 Å². The Bertz CT molecular complexity index is 155. The van der Waals surface area contributed by atoms with Gasteiger partial charge in [-0.1, -0.05) is 6.42 Å². The van der Waals surface area contributed by atoms with Crippen molar-refractivity contribution < 1.29 is 0 Å². The molecule has 0 atom stereocenters. The summed E-state index contributed by atoms with van der Waals surface area (Å²) < 4.78 is 0. The van der Waals surface area contributed by atoms with Crippen LogP contribution in [0.25, 0.3) is 0 Å². The molecule has 0 bridgehead atoms. The monoisotopic (exact) mass is 152 g/mol. The lowest BCUT2D eigenvalue weighted by Crippen LogP contribution is -2.36. The summed E-state index contributed by atoms with van der Waals surface area (Å²) in [6, 6.07) is 0. The maximum Gasteiger partial charge on any atom is 0.0989 e. The molecule has 11 heavy (non-hydrogen) atoms. The van der Waals surface area contributed by atoms with Gasteiger partial charge in [0, 0.05) is 19.0 Å². The van der Waals surface area contributed by atoms with Crippen molar-refractivity contribution in [1.29, 1.82) is 5.41 Å². The Morgan fingerprint density at radius 2 is 1.73 bits per heavy atom. The molecule has 1 N–H and O–H groups in total. The standard InChI is InChI=1S/C9H16N2/c10-9(8-4-3-5-8)11-6-1-2-7-11/h8,10H,1-7H2. The summed E-state index contributed by atoms with van der Waals surface area (Å²) >= 11 is 0. The summed E-state index contributed by atoms with van der Waals surface area (Å²) in [5.41, 5.74) is 0. The van der Waals surface area contributed by atoms with Gasteiger partial charge >= 0.3 is 0 Å². The summed E-state index contributed by atoms with van der Waals surface area (Å²) in [5, 5.41) is 7.87. The van der Waals surface area contributed by atoms with Crippen molar-refractivity contribution in [2.75, 3.05) is 13.1 Å². The summed E-state index contributed by atoms with van der Waals surface area (Å²) in [6.07, 6.45) is 6.50. The molecule has 2 aliphatic rings. The Labute approximate surface area is 68.1 Å². The lowest BCUT2D eigenvalue weighted by Gasteiger charge is -2.31. The van der Waals surface area contributed by atoms with Gasteiger partial charge in [-0.25, -0.2) is 0 Å². The van der Waals surface area contributed by atoms with E-state index in [1.165, 1.54) is 32.1 Å². The maximum absolute atomic E-state index is 7.87. The fourth-order valence-electron chi connectivity index (χ4n) is 1.90. The highest BCUT2D eigenvalue weighted by Gasteiger charge is 2.27. The van der Waals surface area contributed by atoms with Crippen LogP contribution in [0.2, 0.25) is 0 Å². The van der Waals surface area contributed by atoms with Crippen molar-refractivity contribution in [3.05, 3.63) is 0 Å². The molecule has 0 aromatic carbocycles. The van der Waals surface area contributed by atoms with Crippen molar-refractivity contribution in [3.8, 4) is 0 Å². The average Bonchev–Trinajstić information content (AvgIpc) is 2.32. The van der Waals surface area contributed by atoms with Crippen LogP contribution >= 0.6 is 0 Å². The van der Waals surface area contributed by atoms with Crippen molar-refractivity contribution in [2.24, 2.45) is 5.92 Å². The van der Waals surface area contributed by atoms with Crippen LogP contribution in [0.15, 0.2) is 0 Å². The molecule has 1 aliphatic carbocycles. The number of rotatable bonds is 1. The number of hydrogen-bond acceptors (Lipinski definition) is 1. The van der Waals surface area contributed by atoms with E-state index in [0.717, 1.165) is 18.9 Å². The van der Waals surface area contributed by atoms with E-state index in [4.69, 9.17) is 5.41 Å². The fourth-order valence-corrected chi connectivity index (χ4v) is 1.90. The summed E-state index contributed by atoms with van der Waals surface area (Å²) in [7, 11) is 0. The zero-order valence-electron chi connectivity index (χ0n) is 6.97. The van der Waals surface area contributed by atoms with Crippen LogP contribution in [0.3, 0.4) is 0 Å². The van der Waals surface area contributed by atoms with Crippen LogP contribution in [0.4, 0.5) is 0 Å². The highest BCUT2D eigenvalue weighted by atomic mass is 15.2. The van der Waals surface area contributed by atoms with Gasteiger partial charge in [0.15, 0.2) is 0 Å². The number of nitrogens with zero attached hydrogens (tertiary/aromatic N) is 1. The van der Waals surface area contributed by atoms with E-state index in [0.29, 0.717) is 5.92 Å². The number of hydrogen-bond donors (Lipinski definition) is 1. The predicted molar refractivity (Wildman–Crippen MR) is 45.9 cm³/mol. The first-order valence-corrected chi connectivity index (χ1v) is 4.71. The molecule has 1 heterocycles. The van der Waals surface area contributed by atoms with Crippen LogP contribution in [-0.2, 0) is 0 Å². The average molecular weight is 152 g/mol. The van der Waals surface area contributed by atoms with E-state index in [1.807, 2.05) is 0 Å². The van der Waals surface area contributed by atoms with Crippen LogP contribution in [0.5, 0.6) is 0 Å². The molecule has 1 saturated heterocycles. The molecular formula is C9H16N2. The minimum Gasteiger partial charge on any atom is -0.360 e. The van der Waals surface area contributed by atoms with Crippen LogP contribution in [-0.4, -0.2) is 23.8 Å². The Morgan fingerprint density at radius 3 is 2.18 bits per heavy atom. The Balaban J connectivity index is 1.87. The fraction of sp³-hybridized carbons (Fsp3) is 0.889. The van der Waals surface area contributed by atoms with Gasteiger partial charge in [-0.05, 0) is 25.7 Å². The van der Waals surface area contributed by atoms with E-state index in [2.05, 4.69) is 4.90 Å². The molecule has 2 nitrogen and oxygen atoms in total. The molecule has 62 valence electrons. The molecule has 1 aliphatic heterocycles. The molecule has 0 unspecified atom stereocenters. The Morgan fingerprint density at radius 1 is 1.09 bits per heavy atom. The van der Waals surface area contributed by atoms with Gasteiger partial charge in [0.1, 0.15) is 0 Å². The Hall–Kier alpha value is -0.530. The van der Waals surface area contributed by atoms with Gasteiger partial charge in [-0.3, -0.25) is 5.41 Å². The first-order chi connectivity index (χ1) is 5.38. The molecule has 0 aromatic rings. The predicted octanol–water partition coefficient (Wildman–Crippen LogP) is 1.86. The number of amidine groups is 1. The third-order valence-electron chi connectivity index (χ3n) is 2.94. The third kappa shape index (κ3) is 1.26. The largest absolute Gasteiger partial charge is 0.360 e. The van der Waals surface area contributed by atoms with Crippen molar-refractivity contribution >= 4 is 5.84 Å². The number of likely N-dealkylation sites (tertiary alicyclic amines) is 1. The van der Waals surface area contributed by atoms with Crippen LogP contribution in [0.1, 0.15) is 32.1 Å². The highest BCUT2D eigenvalue weighted by molar-refractivity contribution is 5.82. The SMILES string of the molecule is N=C(C1CCC1)N1CCCC1. The molecule has 0 amide bonds. The topological polar surface area (TPSA) is 27.1 Å². The molecule has 2 heteroatoms. The zero-order valence-corrected chi connectivity index (χ0v) is 6.97. The lowest BCUT2D eigenvalue weighted by atomic mass is 9.84. The summed E-state index contributed by atoms with van der Waals surface area (Å²) in [5.74, 6) is 1.57. The smallest absolute Gasteiger partial charge is 0.0989 e. The second kappa shape index (κ2) is 2.84. The second-order valence-electron chi connectivity index (χ2n) is 3.71. The summed E-state index contributed by atoms with van der Waals surface area (Å²) in [4.78, 5) is 2.27. The van der Waals surface area contributed by atoms with Gasteiger partial charge in [0.2, 0.25) is 0 Å². The quantitative estimate of drug-likeness (QED) is 0.450. The third-order valence-corrected chi connectivity index (χ3v) is 2.94. The van der Waals surface area contributed by atoms with Crippen molar-refractivity contribution in [2.45, 2.75) is 32.1 Å². The number of nitrogens with one attached hydrogen (secondary N) is 1. The Kier molecular flexibility index (Phi) is 1.84. The van der Waals surface area contributed by atoms with E-state index in [9.17, 15) is 0 Å². The molecule has 0 spiro atoms. The van der Waals surface area contributed by atoms with Crippen molar-refractivity contribution in [1.82, 2.24) is 4.90 Å². The summed E-state index contributed by atoms with van der Waals surface area (Å²) in [6.45, 7) is 2.30.